The van der Waals surface area contributed by atoms with Gasteiger partial charge in [0.1, 0.15) is 6.04 Å². The number of rotatable bonds is 8. The van der Waals surface area contributed by atoms with Gasteiger partial charge in [0.05, 0.1) is 5.41 Å². The summed E-state index contributed by atoms with van der Waals surface area (Å²) < 4.78 is 0. The smallest absolute Gasteiger partial charge is 0.247 e. The summed E-state index contributed by atoms with van der Waals surface area (Å²) in [5, 5.41) is 12.1. The van der Waals surface area contributed by atoms with Crippen LogP contribution in [0.15, 0.2) is 30.3 Å². The van der Waals surface area contributed by atoms with Crippen molar-refractivity contribution in [2.45, 2.75) is 71.3 Å². The van der Waals surface area contributed by atoms with E-state index in [1.165, 1.54) is 0 Å². The van der Waals surface area contributed by atoms with Crippen molar-refractivity contribution < 1.29 is 19.6 Å². The molecule has 2 atom stereocenters. The minimum Gasteiger partial charge on any atom is -0.330 e. The molecular weight excluding hydrogens is 394 g/mol. The number of carbonyl (C=O) groups excluding carboxylic acids is 3. The molecule has 1 aromatic rings. The van der Waals surface area contributed by atoms with E-state index in [1.54, 1.807) is 10.4 Å². The highest BCUT2D eigenvalue weighted by Gasteiger charge is 2.52. The Morgan fingerprint density at radius 3 is 2.45 bits per heavy atom. The fraction of sp³-hybridized carbons (Fsp3) is 0.625. The van der Waals surface area contributed by atoms with Gasteiger partial charge in [0, 0.05) is 18.7 Å². The number of hydrogen-bond acceptors (Lipinski definition) is 4. The second-order valence-electron chi connectivity index (χ2n) is 9.54. The van der Waals surface area contributed by atoms with Crippen LogP contribution in [0.1, 0.15) is 65.2 Å². The van der Waals surface area contributed by atoms with Crippen LogP contribution >= 0.6 is 0 Å². The van der Waals surface area contributed by atoms with Crippen LogP contribution in [0.5, 0.6) is 0 Å². The number of anilines is 1. The molecule has 0 unspecified atom stereocenters. The first-order valence-electron chi connectivity index (χ1n) is 11.5. The predicted octanol–water partition coefficient (Wildman–Crippen LogP) is 3.73. The Morgan fingerprint density at radius 1 is 1.16 bits per heavy atom. The highest BCUT2D eigenvalue weighted by molar-refractivity contribution is 5.99. The molecular formula is C24H35N3O4. The Balaban J connectivity index is 1.88. The molecule has 0 spiro atoms. The first-order valence-corrected chi connectivity index (χ1v) is 11.5. The third-order valence-electron chi connectivity index (χ3n) is 6.71. The van der Waals surface area contributed by atoms with Crippen LogP contribution in [0.3, 0.4) is 0 Å². The molecule has 3 amide bonds. The molecule has 170 valence electrons. The van der Waals surface area contributed by atoms with Gasteiger partial charge in [-0.05, 0) is 49.7 Å². The van der Waals surface area contributed by atoms with Crippen LogP contribution in [-0.4, -0.2) is 40.4 Å². The quantitative estimate of drug-likeness (QED) is 0.433. The van der Waals surface area contributed by atoms with Crippen molar-refractivity contribution in [3.05, 3.63) is 30.3 Å². The van der Waals surface area contributed by atoms with Gasteiger partial charge < -0.3 is 10.2 Å². The highest BCUT2D eigenvalue weighted by Crippen LogP contribution is 2.44. The van der Waals surface area contributed by atoms with Crippen molar-refractivity contribution in [2.75, 3.05) is 11.9 Å². The Hall–Kier alpha value is -2.41. The molecule has 1 saturated carbocycles. The summed E-state index contributed by atoms with van der Waals surface area (Å²) in [7, 11) is 0. The molecule has 2 fully saturated rings. The summed E-state index contributed by atoms with van der Waals surface area (Å²) in [5.41, 5.74) is 1.53. The Morgan fingerprint density at radius 2 is 1.84 bits per heavy atom. The van der Waals surface area contributed by atoms with Crippen molar-refractivity contribution in [1.29, 1.82) is 0 Å². The van der Waals surface area contributed by atoms with Gasteiger partial charge in [0.2, 0.25) is 17.7 Å². The minimum atomic E-state index is -0.874. The van der Waals surface area contributed by atoms with Crippen LogP contribution in [0.2, 0.25) is 0 Å². The van der Waals surface area contributed by atoms with Gasteiger partial charge in [-0.25, -0.2) is 5.48 Å². The summed E-state index contributed by atoms with van der Waals surface area (Å²) in [6.45, 7) is 4.50. The Bertz CT molecular complexity index is 776. The van der Waals surface area contributed by atoms with Gasteiger partial charge in [0.25, 0.3) is 0 Å². The number of nitrogens with zero attached hydrogens (tertiary/aromatic N) is 1. The zero-order chi connectivity index (χ0) is 22.4. The van der Waals surface area contributed by atoms with Crippen molar-refractivity contribution >= 4 is 23.4 Å². The highest BCUT2D eigenvalue weighted by atomic mass is 16.5. The summed E-state index contributed by atoms with van der Waals surface area (Å²) in [5.74, 6) is -0.523. The molecule has 2 aliphatic rings. The van der Waals surface area contributed by atoms with Crippen molar-refractivity contribution in [1.82, 2.24) is 10.4 Å². The molecule has 1 aliphatic carbocycles. The summed E-state index contributed by atoms with van der Waals surface area (Å²) >= 11 is 0. The van der Waals surface area contributed by atoms with Crippen molar-refractivity contribution in [2.24, 2.45) is 17.3 Å². The number of likely N-dealkylation sites (tertiary alicyclic amines) is 1. The van der Waals surface area contributed by atoms with E-state index in [0.717, 1.165) is 32.1 Å². The van der Waals surface area contributed by atoms with Gasteiger partial charge in [-0.1, -0.05) is 51.3 Å². The number of nitrogens with one attached hydrogen (secondary N) is 2. The number of amides is 3. The van der Waals surface area contributed by atoms with E-state index in [4.69, 9.17) is 5.21 Å². The average Bonchev–Trinajstić information content (AvgIpc) is 3.05. The maximum atomic E-state index is 13.7. The lowest BCUT2D eigenvalue weighted by molar-refractivity contribution is -0.147. The molecule has 1 aromatic carbocycles. The molecule has 3 rings (SSSR count). The number of carbonyl (C=O) groups is 3. The monoisotopic (exact) mass is 429 g/mol. The zero-order valence-electron chi connectivity index (χ0n) is 18.6. The van der Waals surface area contributed by atoms with Gasteiger partial charge in [-0.15, -0.1) is 0 Å². The average molecular weight is 430 g/mol. The van der Waals surface area contributed by atoms with Gasteiger partial charge in [0.15, 0.2) is 0 Å². The summed E-state index contributed by atoms with van der Waals surface area (Å²) in [4.78, 5) is 40.9. The van der Waals surface area contributed by atoms with E-state index in [0.29, 0.717) is 25.1 Å². The van der Waals surface area contributed by atoms with E-state index < -0.39 is 17.4 Å². The Labute approximate surface area is 184 Å². The number of para-hydroxylation sites is 1. The standard InChI is InChI=1S/C24H35N3O4/c1-17(2)15-24(16-20(28)26-31)13-14-27(23(24)30)21(18-9-5-3-6-10-18)22(29)25-19-11-7-4-8-12-19/h4,7-8,11-12,17-18,21,31H,3,5-6,9-10,13-16H2,1-2H3,(H,25,29)(H,26,28)/t21-,24-/m1/s1. The Kier molecular flexibility index (Phi) is 7.70. The second-order valence-corrected chi connectivity index (χ2v) is 9.54. The summed E-state index contributed by atoms with van der Waals surface area (Å²) in [6, 6.07) is 8.78. The molecule has 31 heavy (non-hydrogen) atoms. The molecule has 0 bridgehead atoms. The zero-order valence-corrected chi connectivity index (χ0v) is 18.6. The maximum Gasteiger partial charge on any atom is 0.247 e. The molecule has 0 aromatic heterocycles. The SMILES string of the molecule is CC(C)C[C@@]1(CC(=O)NO)CCN([C@@H](C(=O)Nc2ccccc2)C2CCCCC2)C1=O. The number of benzene rings is 1. The van der Waals surface area contributed by atoms with E-state index >= 15 is 0 Å². The number of hydroxylamine groups is 1. The fourth-order valence-corrected chi connectivity index (χ4v) is 5.46. The fourth-order valence-electron chi connectivity index (χ4n) is 5.46. The minimum absolute atomic E-state index is 0.0608. The van der Waals surface area contributed by atoms with Gasteiger partial charge in [-0.2, -0.15) is 0 Å². The van der Waals surface area contributed by atoms with Crippen LogP contribution in [0.25, 0.3) is 0 Å². The van der Waals surface area contributed by atoms with E-state index in [1.807, 2.05) is 44.2 Å². The van der Waals surface area contributed by atoms with Crippen molar-refractivity contribution in [3.8, 4) is 0 Å². The van der Waals surface area contributed by atoms with E-state index in [-0.39, 0.29) is 30.1 Å². The lowest BCUT2D eigenvalue weighted by Crippen LogP contribution is -2.52. The van der Waals surface area contributed by atoms with Crippen LogP contribution in [-0.2, 0) is 14.4 Å². The van der Waals surface area contributed by atoms with Crippen molar-refractivity contribution in [3.63, 3.8) is 0 Å². The van der Waals surface area contributed by atoms with Gasteiger partial charge in [-0.3, -0.25) is 19.6 Å². The lowest BCUT2D eigenvalue weighted by Gasteiger charge is -2.37. The predicted molar refractivity (Wildman–Crippen MR) is 118 cm³/mol. The van der Waals surface area contributed by atoms with Crippen LogP contribution in [0, 0.1) is 17.3 Å². The molecule has 1 aliphatic heterocycles. The van der Waals surface area contributed by atoms with Crippen LogP contribution < -0.4 is 10.8 Å². The lowest BCUT2D eigenvalue weighted by atomic mass is 9.75. The third-order valence-corrected chi connectivity index (χ3v) is 6.71. The van der Waals surface area contributed by atoms with E-state index in [2.05, 4.69) is 5.32 Å². The molecule has 1 saturated heterocycles. The molecule has 0 radical (unpaired) electrons. The summed E-state index contributed by atoms with van der Waals surface area (Å²) in [6.07, 6.45) is 6.13. The van der Waals surface area contributed by atoms with Crippen LogP contribution in [0.4, 0.5) is 5.69 Å². The largest absolute Gasteiger partial charge is 0.330 e. The molecule has 1 heterocycles. The van der Waals surface area contributed by atoms with Gasteiger partial charge >= 0.3 is 0 Å². The van der Waals surface area contributed by atoms with E-state index in [9.17, 15) is 14.4 Å². The topological polar surface area (TPSA) is 98.7 Å². The third kappa shape index (κ3) is 5.45. The maximum absolute atomic E-state index is 13.7. The molecule has 3 N–H and O–H groups in total. The molecule has 7 nitrogen and oxygen atoms in total. The molecule has 7 heteroatoms. The normalized spacial score (nSPS) is 23.1. The number of hydrogen-bond donors (Lipinski definition) is 3. The second kappa shape index (κ2) is 10.3. The first kappa shape index (κ1) is 23.3. The first-order chi connectivity index (χ1) is 14.9.